The van der Waals surface area contributed by atoms with Gasteiger partial charge in [0.15, 0.2) is 13.2 Å². The van der Waals surface area contributed by atoms with Crippen LogP contribution in [0.3, 0.4) is 0 Å². The number of halogens is 2. The van der Waals surface area contributed by atoms with Crippen LogP contribution in [-0.2, 0) is 9.59 Å². The standard InChI is InChI=1S/C26H24Cl2N4O4/c1-17-11-21(27)7-9-23(17)35-15-25(33)31-29-13-19-3-5-20(6-4-19)14-30-32-26(34)16-36-24-10-8-22(28)12-18(24)2/h3-14H,15-16H2,1-2H3,(H,31,33)(H,32,34). The Hall–Kier alpha value is -3.88. The summed E-state index contributed by atoms with van der Waals surface area (Å²) < 4.78 is 10.9. The second kappa shape index (κ2) is 13.3. The lowest BCUT2D eigenvalue weighted by Gasteiger charge is -2.08. The number of hydrogen-bond donors (Lipinski definition) is 2. The van der Waals surface area contributed by atoms with E-state index in [-0.39, 0.29) is 13.2 Å². The third kappa shape index (κ3) is 8.72. The van der Waals surface area contributed by atoms with Crippen LogP contribution in [0.5, 0.6) is 11.5 Å². The molecule has 0 bridgehead atoms. The number of hydrogen-bond acceptors (Lipinski definition) is 6. The maximum atomic E-state index is 11.9. The van der Waals surface area contributed by atoms with Gasteiger partial charge in [0.1, 0.15) is 11.5 Å². The van der Waals surface area contributed by atoms with E-state index in [4.69, 9.17) is 32.7 Å². The van der Waals surface area contributed by atoms with E-state index in [2.05, 4.69) is 21.1 Å². The van der Waals surface area contributed by atoms with Crippen LogP contribution in [0.2, 0.25) is 10.0 Å². The molecule has 2 N–H and O–H groups in total. The minimum absolute atomic E-state index is 0.175. The lowest BCUT2D eigenvalue weighted by Crippen LogP contribution is -2.24. The van der Waals surface area contributed by atoms with Crippen molar-refractivity contribution in [3.05, 3.63) is 93.0 Å². The number of amides is 2. The van der Waals surface area contributed by atoms with E-state index in [0.717, 1.165) is 22.3 Å². The van der Waals surface area contributed by atoms with Gasteiger partial charge in [0.25, 0.3) is 11.8 Å². The van der Waals surface area contributed by atoms with E-state index in [1.807, 2.05) is 13.8 Å². The monoisotopic (exact) mass is 526 g/mol. The quantitative estimate of drug-likeness (QED) is 0.296. The number of nitrogens with one attached hydrogen (secondary N) is 2. The average Bonchev–Trinajstić information content (AvgIpc) is 2.84. The summed E-state index contributed by atoms with van der Waals surface area (Å²) in [7, 11) is 0. The van der Waals surface area contributed by atoms with Gasteiger partial charge >= 0.3 is 0 Å². The molecule has 3 aromatic carbocycles. The SMILES string of the molecule is Cc1cc(Cl)ccc1OCC(=O)NN=Cc1ccc(C=NNC(=O)COc2ccc(Cl)cc2C)cc1. The normalized spacial score (nSPS) is 11.0. The van der Waals surface area contributed by atoms with Gasteiger partial charge in [-0.25, -0.2) is 10.9 Å². The lowest BCUT2D eigenvalue weighted by molar-refractivity contribution is -0.123. The molecule has 3 aromatic rings. The van der Waals surface area contributed by atoms with Gasteiger partial charge in [-0.2, -0.15) is 10.2 Å². The van der Waals surface area contributed by atoms with Gasteiger partial charge in [0, 0.05) is 10.0 Å². The smallest absolute Gasteiger partial charge is 0.277 e. The molecule has 0 aromatic heterocycles. The largest absolute Gasteiger partial charge is 0.483 e. The summed E-state index contributed by atoms with van der Waals surface area (Å²) >= 11 is 11.8. The fourth-order valence-electron chi connectivity index (χ4n) is 2.93. The Bertz CT molecular complexity index is 1180. The topological polar surface area (TPSA) is 101 Å². The maximum absolute atomic E-state index is 11.9. The Morgan fingerprint density at radius 1 is 0.722 bits per heavy atom. The molecule has 2 amide bonds. The van der Waals surface area contributed by atoms with Gasteiger partial charge in [0.2, 0.25) is 0 Å². The highest BCUT2D eigenvalue weighted by molar-refractivity contribution is 6.31. The van der Waals surface area contributed by atoms with Crippen molar-refractivity contribution in [3.8, 4) is 11.5 Å². The van der Waals surface area contributed by atoms with E-state index in [0.29, 0.717) is 21.5 Å². The summed E-state index contributed by atoms with van der Waals surface area (Å²) in [6, 6.07) is 17.5. The molecular weight excluding hydrogens is 503 g/mol. The minimum atomic E-state index is -0.393. The van der Waals surface area contributed by atoms with E-state index in [9.17, 15) is 9.59 Å². The van der Waals surface area contributed by atoms with Gasteiger partial charge in [-0.05, 0) is 72.5 Å². The van der Waals surface area contributed by atoms with Crippen molar-refractivity contribution < 1.29 is 19.1 Å². The minimum Gasteiger partial charge on any atom is -0.483 e. The molecule has 10 heteroatoms. The maximum Gasteiger partial charge on any atom is 0.277 e. The van der Waals surface area contributed by atoms with E-state index in [1.165, 1.54) is 12.4 Å². The number of ether oxygens (including phenoxy) is 2. The van der Waals surface area contributed by atoms with Crippen molar-refractivity contribution in [3.63, 3.8) is 0 Å². The zero-order chi connectivity index (χ0) is 25.9. The van der Waals surface area contributed by atoms with Crippen molar-refractivity contribution in [1.82, 2.24) is 10.9 Å². The van der Waals surface area contributed by atoms with Crippen molar-refractivity contribution in [1.29, 1.82) is 0 Å². The summed E-state index contributed by atoms with van der Waals surface area (Å²) in [5.41, 5.74) is 8.02. The first-order chi connectivity index (χ1) is 17.3. The molecule has 0 heterocycles. The summed E-state index contributed by atoms with van der Waals surface area (Å²) in [6.45, 7) is 3.34. The number of carbonyl (C=O) groups excluding carboxylic acids is 2. The van der Waals surface area contributed by atoms with Gasteiger partial charge in [-0.15, -0.1) is 0 Å². The molecule has 0 fully saturated rings. The van der Waals surface area contributed by atoms with Crippen molar-refractivity contribution in [2.75, 3.05) is 13.2 Å². The molecule has 0 aliphatic carbocycles. The van der Waals surface area contributed by atoms with E-state index >= 15 is 0 Å². The number of carbonyl (C=O) groups is 2. The molecule has 186 valence electrons. The van der Waals surface area contributed by atoms with Crippen molar-refractivity contribution in [2.45, 2.75) is 13.8 Å². The van der Waals surface area contributed by atoms with Crippen LogP contribution >= 0.6 is 23.2 Å². The number of nitrogens with zero attached hydrogens (tertiary/aromatic N) is 2. The Labute approximate surface area is 218 Å². The molecule has 0 saturated heterocycles. The van der Waals surface area contributed by atoms with Gasteiger partial charge < -0.3 is 9.47 Å². The fraction of sp³-hybridized carbons (Fsp3) is 0.154. The lowest BCUT2D eigenvalue weighted by atomic mass is 10.2. The first kappa shape index (κ1) is 26.7. The molecule has 0 spiro atoms. The Kier molecular flexibility index (Phi) is 9.85. The highest BCUT2D eigenvalue weighted by atomic mass is 35.5. The van der Waals surface area contributed by atoms with Gasteiger partial charge in [-0.1, -0.05) is 47.5 Å². The Balaban J connectivity index is 1.39. The van der Waals surface area contributed by atoms with Gasteiger partial charge in [-0.3, -0.25) is 9.59 Å². The second-order valence-electron chi connectivity index (χ2n) is 7.65. The molecule has 36 heavy (non-hydrogen) atoms. The molecule has 0 radical (unpaired) electrons. The predicted octanol–water partition coefficient (Wildman–Crippen LogP) is 4.67. The van der Waals surface area contributed by atoms with E-state index in [1.54, 1.807) is 60.7 Å². The van der Waals surface area contributed by atoms with E-state index < -0.39 is 11.8 Å². The molecule has 0 aliphatic heterocycles. The Morgan fingerprint density at radius 3 is 1.47 bits per heavy atom. The first-order valence-electron chi connectivity index (χ1n) is 10.8. The number of hydrazone groups is 2. The third-order valence-electron chi connectivity index (χ3n) is 4.73. The van der Waals surface area contributed by atoms with Crippen LogP contribution in [0.15, 0.2) is 70.9 Å². The summed E-state index contributed by atoms with van der Waals surface area (Å²) in [5.74, 6) is 0.373. The van der Waals surface area contributed by atoms with Crippen LogP contribution in [0.1, 0.15) is 22.3 Å². The third-order valence-corrected chi connectivity index (χ3v) is 5.20. The molecule has 0 atom stereocenters. The van der Waals surface area contributed by atoms with Crippen LogP contribution in [0.25, 0.3) is 0 Å². The summed E-state index contributed by atoms with van der Waals surface area (Å²) in [5, 5.41) is 9.05. The van der Waals surface area contributed by atoms with Crippen LogP contribution in [-0.4, -0.2) is 37.5 Å². The summed E-state index contributed by atoms with van der Waals surface area (Å²) in [4.78, 5) is 23.9. The molecule has 8 nitrogen and oxygen atoms in total. The first-order valence-corrected chi connectivity index (χ1v) is 11.6. The highest BCUT2D eigenvalue weighted by Crippen LogP contribution is 2.22. The van der Waals surface area contributed by atoms with Crippen molar-refractivity contribution >= 4 is 47.4 Å². The number of benzene rings is 3. The molecule has 0 unspecified atom stereocenters. The summed E-state index contributed by atoms with van der Waals surface area (Å²) in [6.07, 6.45) is 3.01. The number of aryl methyl sites for hydroxylation is 2. The van der Waals surface area contributed by atoms with Crippen LogP contribution in [0, 0.1) is 13.8 Å². The Morgan fingerprint density at radius 2 is 1.11 bits per heavy atom. The molecule has 0 saturated carbocycles. The second-order valence-corrected chi connectivity index (χ2v) is 8.52. The zero-order valence-corrected chi connectivity index (χ0v) is 21.1. The highest BCUT2D eigenvalue weighted by Gasteiger charge is 2.06. The molecule has 0 aliphatic rings. The van der Waals surface area contributed by atoms with Crippen LogP contribution < -0.4 is 20.3 Å². The molecular formula is C26H24Cl2N4O4. The van der Waals surface area contributed by atoms with Crippen LogP contribution in [0.4, 0.5) is 0 Å². The fourth-order valence-corrected chi connectivity index (χ4v) is 3.38. The van der Waals surface area contributed by atoms with Gasteiger partial charge in [0.05, 0.1) is 12.4 Å². The zero-order valence-electron chi connectivity index (χ0n) is 19.6. The van der Waals surface area contributed by atoms with Crippen molar-refractivity contribution in [2.24, 2.45) is 10.2 Å². The number of rotatable bonds is 10. The predicted molar refractivity (Wildman–Crippen MR) is 141 cm³/mol. The molecule has 3 rings (SSSR count). The average molecular weight is 527 g/mol.